The van der Waals surface area contributed by atoms with Crippen LogP contribution in [0, 0.1) is 35.5 Å². The molecule has 0 aromatic heterocycles. The van der Waals surface area contributed by atoms with Gasteiger partial charge in [0.1, 0.15) is 6.67 Å². The second-order valence-corrected chi connectivity index (χ2v) is 8.55. The number of likely N-dealkylation sites (tertiary alicyclic amines) is 1. The maximum Gasteiger partial charge on any atom is 0.471 e. The molecule has 2 bridgehead atoms. The van der Waals surface area contributed by atoms with Gasteiger partial charge in [-0.1, -0.05) is 29.8 Å². The van der Waals surface area contributed by atoms with E-state index in [2.05, 4.69) is 0 Å². The number of nitrogens with zero attached hydrogens (tertiary/aromatic N) is 2. The molecule has 2 saturated carbocycles. The molecule has 5 nitrogen and oxygen atoms in total. The van der Waals surface area contributed by atoms with Gasteiger partial charge in [0.15, 0.2) is 0 Å². The van der Waals surface area contributed by atoms with Crippen LogP contribution in [0.4, 0.5) is 18.9 Å². The Kier molecular flexibility index (Phi) is 3.91. The maximum absolute atomic E-state index is 13.2. The third-order valence-electron chi connectivity index (χ3n) is 6.64. The van der Waals surface area contributed by atoms with Crippen molar-refractivity contribution in [3.8, 4) is 0 Å². The fourth-order valence-corrected chi connectivity index (χ4v) is 5.54. The Morgan fingerprint density at radius 1 is 1.10 bits per heavy atom. The number of carbonyl (C=O) groups is 3. The molecule has 1 aromatic carbocycles. The highest BCUT2D eigenvalue weighted by Crippen LogP contribution is 2.65. The number of rotatable bonds is 3. The van der Waals surface area contributed by atoms with Crippen molar-refractivity contribution in [2.75, 3.05) is 11.6 Å². The van der Waals surface area contributed by atoms with E-state index in [1.807, 2.05) is 12.2 Å². The van der Waals surface area contributed by atoms with Crippen molar-refractivity contribution < 1.29 is 27.6 Å². The molecule has 6 atom stereocenters. The zero-order valence-corrected chi connectivity index (χ0v) is 15.7. The number of hydrogen-bond donors (Lipinski definition) is 0. The Balaban J connectivity index is 1.47. The summed E-state index contributed by atoms with van der Waals surface area (Å²) in [6, 6.07) is 5.34. The van der Waals surface area contributed by atoms with Crippen LogP contribution >= 0.6 is 11.6 Å². The molecule has 3 amide bonds. The molecule has 152 valence electrons. The molecule has 9 heteroatoms. The highest BCUT2D eigenvalue weighted by atomic mass is 35.5. The summed E-state index contributed by atoms with van der Waals surface area (Å²) in [6.45, 7) is -0.780. The van der Waals surface area contributed by atoms with Gasteiger partial charge in [-0.25, -0.2) is 0 Å². The molecule has 3 fully saturated rings. The number of alkyl halides is 3. The third kappa shape index (κ3) is 2.72. The van der Waals surface area contributed by atoms with Crippen LogP contribution in [0.2, 0.25) is 5.02 Å². The molecular weight excluding hydrogens is 409 g/mol. The summed E-state index contributed by atoms with van der Waals surface area (Å²) in [5, 5.41) is 0.137. The zero-order chi connectivity index (χ0) is 20.7. The van der Waals surface area contributed by atoms with Crippen LogP contribution in [-0.4, -0.2) is 35.5 Å². The van der Waals surface area contributed by atoms with Crippen molar-refractivity contribution in [2.45, 2.75) is 12.6 Å². The standard InChI is InChI=1S/C20H16ClF3N2O3/c21-9-2-1-3-10(6-9)25(19(29)20(22,23)24)8-26-17(27)15-11-4-5-12(14-7-13(11)14)16(15)18(26)28/h1-6,11-16H,7-8H2. The van der Waals surface area contributed by atoms with E-state index in [4.69, 9.17) is 11.6 Å². The number of allylic oxidation sites excluding steroid dienone is 2. The van der Waals surface area contributed by atoms with E-state index in [0.29, 0.717) is 16.7 Å². The molecule has 0 N–H and O–H groups in total. The van der Waals surface area contributed by atoms with Crippen LogP contribution in [0.3, 0.4) is 0 Å². The van der Waals surface area contributed by atoms with Gasteiger partial charge < -0.3 is 0 Å². The fraction of sp³-hybridized carbons (Fsp3) is 0.450. The molecule has 5 aliphatic rings. The topological polar surface area (TPSA) is 57.7 Å². The quantitative estimate of drug-likeness (QED) is 0.553. The Morgan fingerprint density at radius 3 is 2.21 bits per heavy atom. The van der Waals surface area contributed by atoms with Crippen molar-refractivity contribution in [3.63, 3.8) is 0 Å². The SMILES string of the molecule is O=C1C2C3C=CC(C4CC34)C2C(=O)N1CN(C(=O)C(F)(F)F)c1cccc(Cl)c1. The summed E-state index contributed by atoms with van der Waals surface area (Å²) in [5.74, 6) is -3.55. The number of anilines is 1. The highest BCUT2D eigenvalue weighted by Gasteiger charge is 2.67. The molecule has 1 aromatic rings. The van der Waals surface area contributed by atoms with Crippen LogP contribution in [0.1, 0.15) is 6.42 Å². The van der Waals surface area contributed by atoms with Gasteiger partial charge in [0, 0.05) is 10.7 Å². The van der Waals surface area contributed by atoms with Gasteiger partial charge in [-0.2, -0.15) is 13.2 Å². The van der Waals surface area contributed by atoms with E-state index in [0.717, 1.165) is 11.3 Å². The van der Waals surface area contributed by atoms with Gasteiger partial charge in [0.2, 0.25) is 11.8 Å². The number of halogens is 4. The molecule has 4 aliphatic carbocycles. The highest BCUT2D eigenvalue weighted by molar-refractivity contribution is 6.31. The van der Waals surface area contributed by atoms with E-state index in [-0.39, 0.29) is 22.5 Å². The van der Waals surface area contributed by atoms with Crippen molar-refractivity contribution in [3.05, 3.63) is 41.4 Å². The molecule has 6 rings (SSSR count). The lowest BCUT2D eigenvalue weighted by Crippen LogP contribution is -2.49. The second-order valence-electron chi connectivity index (χ2n) is 8.11. The number of imide groups is 1. The summed E-state index contributed by atoms with van der Waals surface area (Å²) in [4.78, 5) is 39.4. The predicted octanol–water partition coefficient (Wildman–Crippen LogP) is 3.25. The van der Waals surface area contributed by atoms with Gasteiger partial charge in [-0.15, -0.1) is 0 Å². The van der Waals surface area contributed by atoms with Crippen molar-refractivity contribution in [1.29, 1.82) is 0 Å². The van der Waals surface area contributed by atoms with Gasteiger partial charge in [-0.05, 0) is 48.3 Å². The number of benzene rings is 1. The van der Waals surface area contributed by atoms with Crippen molar-refractivity contribution >= 4 is 35.0 Å². The monoisotopic (exact) mass is 424 g/mol. The molecule has 1 aliphatic heterocycles. The maximum atomic E-state index is 13.2. The number of hydrogen-bond acceptors (Lipinski definition) is 3. The van der Waals surface area contributed by atoms with E-state index >= 15 is 0 Å². The summed E-state index contributed by atoms with van der Waals surface area (Å²) in [5.41, 5.74) is -0.126. The van der Waals surface area contributed by atoms with Gasteiger partial charge in [-0.3, -0.25) is 24.2 Å². The smallest absolute Gasteiger partial charge is 0.286 e. The molecule has 1 saturated heterocycles. The Morgan fingerprint density at radius 2 is 1.69 bits per heavy atom. The second kappa shape index (κ2) is 6.08. The van der Waals surface area contributed by atoms with Crippen LogP contribution in [-0.2, 0) is 14.4 Å². The van der Waals surface area contributed by atoms with Gasteiger partial charge in [0.25, 0.3) is 0 Å². The van der Waals surface area contributed by atoms with E-state index in [1.165, 1.54) is 24.3 Å². The first-order valence-electron chi connectivity index (χ1n) is 9.36. The summed E-state index contributed by atoms with van der Waals surface area (Å²) < 4.78 is 39.7. The Labute approximate surface area is 169 Å². The van der Waals surface area contributed by atoms with E-state index in [9.17, 15) is 27.6 Å². The van der Waals surface area contributed by atoms with Gasteiger partial charge in [0.05, 0.1) is 11.8 Å². The molecular formula is C20H16ClF3N2O3. The first-order valence-corrected chi connectivity index (χ1v) is 9.74. The first-order chi connectivity index (χ1) is 13.7. The van der Waals surface area contributed by atoms with Crippen molar-refractivity contribution in [1.82, 2.24) is 4.90 Å². The molecule has 6 unspecified atom stereocenters. The first kappa shape index (κ1) is 18.7. The van der Waals surface area contributed by atoms with Crippen LogP contribution in [0.5, 0.6) is 0 Å². The predicted molar refractivity (Wildman–Crippen MR) is 96.4 cm³/mol. The Hall–Kier alpha value is -2.35. The normalized spacial score (nSPS) is 34.3. The number of carbonyl (C=O) groups excluding carboxylic acids is 3. The van der Waals surface area contributed by atoms with Crippen LogP contribution in [0.25, 0.3) is 0 Å². The van der Waals surface area contributed by atoms with Crippen LogP contribution < -0.4 is 4.90 Å². The zero-order valence-electron chi connectivity index (χ0n) is 15.0. The Bertz CT molecular complexity index is 927. The molecule has 0 spiro atoms. The average molecular weight is 425 g/mol. The van der Waals surface area contributed by atoms with E-state index in [1.54, 1.807) is 0 Å². The lowest BCUT2D eigenvalue weighted by Gasteiger charge is -2.37. The summed E-state index contributed by atoms with van der Waals surface area (Å²) >= 11 is 5.87. The minimum absolute atomic E-state index is 0.0469. The van der Waals surface area contributed by atoms with Crippen LogP contribution in [0.15, 0.2) is 36.4 Å². The number of amides is 3. The average Bonchev–Trinajstić information content (AvgIpc) is 3.44. The van der Waals surface area contributed by atoms with Gasteiger partial charge >= 0.3 is 12.1 Å². The van der Waals surface area contributed by atoms with E-state index < -0.39 is 42.4 Å². The lowest BCUT2D eigenvalue weighted by atomic mass is 9.63. The lowest BCUT2D eigenvalue weighted by molar-refractivity contribution is -0.171. The minimum Gasteiger partial charge on any atom is -0.286 e. The van der Waals surface area contributed by atoms with Crippen molar-refractivity contribution in [2.24, 2.45) is 35.5 Å². The largest absolute Gasteiger partial charge is 0.471 e. The molecule has 1 heterocycles. The minimum atomic E-state index is -5.16. The molecule has 29 heavy (non-hydrogen) atoms. The summed E-state index contributed by atoms with van der Waals surface area (Å²) in [7, 11) is 0. The fourth-order valence-electron chi connectivity index (χ4n) is 5.36. The molecule has 0 radical (unpaired) electrons. The summed E-state index contributed by atoms with van der Waals surface area (Å²) in [6.07, 6.45) is -0.227. The third-order valence-corrected chi connectivity index (χ3v) is 6.88.